The van der Waals surface area contributed by atoms with E-state index in [-0.39, 0.29) is 50.5 Å². The topological polar surface area (TPSA) is 469 Å². The van der Waals surface area contributed by atoms with Gasteiger partial charge in [-0.25, -0.2) is 17.7 Å². The van der Waals surface area contributed by atoms with E-state index in [0.29, 0.717) is 114 Å². The number of fused-ring (bicyclic) bond motifs is 1. The molecule has 7 aromatic carbocycles. The van der Waals surface area contributed by atoms with Crippen molar-refractivity contribution in [2.45, 2.75) is 7.43 Å². The molecular weight excluding hydrogens is 1460 g/mol. The minimum Gasteiger partial charge on any atom is -0.508 e. The number of methoxy groups -OCH3 is 1. The lowest BCUT2D eigenvalue weighted by Gasteiger charge is -2.13. The standard InChI is InChI=1S/C17H12N2O4.C10H14N2O3.C9H8BrNO.C9H13N3O2.C9H10N2O2.C7H5NO.C2H4Br2.CH4O.CH4.ClH.H4N2/c18-11-12-5-7-13(8-6-12)22-9-10-23-19-16(20)14-3-1-2-4-15(14)17(19)21;1-13-10(11)8-2-4-9(5-3-8)14-6-7-15-12;10-5-6-12-9-3-1-8(7-11)2-4-9;10-9(11)7-1-3-8(4-2-7)13-5-6-14-12;10-7-8-1-3-9(4-2-8)12-5-6-13-11;8-5-6-1-3-7(9)4-2-6;3-1-2-4;1-2;;;1-2/h1-8H,9-10H2;2-5,11H,6-7,12H2,1H3;1-4H,5-6H2;1-4H,5-6,12H2,(H3,10,11);1-4H,5-6,11H2;1-4,9H;1-2H2;2H,1H3;1H4;1H;1-2H2. The Bertz CT molecular complexity index is 3350. The van der Waals surface area contributed by atoms with Crippen LogP contribution in [-0.4, -0.2) is 128 Å². The van der Waals surface area contributed by atoms with Crippen molar-refractivity contribution < 1.29 is 67.6 Å². The molecule has 0 unspecified atom stereocenters. The molecule has 0 fully saturated rings. The minimum atomic E-state index is -0.469. The Morgan fingerprint density at radius 2 is 0.740 bits per heavy atom. The number of benzene rings is 7. The van der Waals surface area contributed by atoms with Crippen LogP contribution in [0.25, 0.3) is 0 Å². The predicted molar refractivity (Wildman–Crippen MR) is 377 cm³/mol. The number of nitriles is 4. The third kappa shape index (κ3) is 39.4. The lowest BCUT2D eigenvalue weighted by Crippen LogP contribution is -2.31. The highest BCUT2D eigenvalue weighted by Crippen LogP contribution is 2.23. The van der Waals surface area contributed by atoms with Crippen molar-refractivity contribution in [1.82, 2.24) is 5.06 Å². The van der Waals surface area contributed by atoms with Crippen LogP contribution in [-0.2, 0) is 24.1 Å². The molecule has 0 aliphatic carbocycles. The van der Waals surface area contributed by atoms with Gasteiger partial charge in [-0.1, -0.05) is 67.3 Å². The summed E-state index contributed by atoms with van der Waals surface area (Å²) < 4.78 is 31.3. The zero-order valence-corrected chi connectivity index (χ0v) is 57.3. The second-order valence-electron chi connectivity index (χ2n) is 16.8. The minimum absolute atomic E-state index is 0. The van der Waals surface area contributed by atoms with Gasteiger partial charge in [0.25, 0.3) is 11.8 Å². The van der Waals surface area contributed by atoms with E-state index in [1.54, 1.807) is 158 Å². The normalized spacial score (nSPS) is 9.64. The number of aliphatic hydroxyl groups excluding tert-OH is 1. The number of nitrogens with one attached hydrogen (secondary N) is 2. The van der Waals surface area contributed by atoms with Gasteiger partial charge in [-0.3, -0.25) is 36.9 Å². The largest absolute Gasteiger partial charge is 0.508 e. The first-order valence-corrected chi connectivity index (χ1v) is 30.6. The van der Waals surface area contributed by atoms with E-state index in [0.717, 1.165) is 33.9 Å². The number of phenolic OH excluding ortho intramolecular Hbond substituents is 1. The fraction of sp³-hybridized carbons (Fsp3) is 0.231. The Hall–Kier alpha value is -9.29. The molecule has 96 heavy (non-hydrogen) atoms. The highest BCUT2D eigenvalue weighted by Gasteiger charge is 2.36. The molecule has 516 valence electrons. The number of aromatic hydroxyl groups is 1. The molecule has 0 saturated heterocycles. The molecule has 16 N–H and O–H groups in total. The number of aliphatic hydroxyl groups is 1. The average Bonchev–Trinajstić information content (AvgIpc) is 1.65. The number of carbonyl (C=O) groups is 2. The molecule has 27 nitrogen and oxygen atoms in total. The van der Waals surface area contributed by atoms with Gasteiger partial charge in [-0.15, -0.1) is 17.5 Å². The highest BCUT2D eigenvalue weighted by atomic mass is 79.9. The van der Waals surface area contributed by atoms with Crippen molar-refractivity contribution in [3.63, 3.8) is 0 Å². The maximum absolute atomic E-state index is 12.1. The maximum Gasteiger partial charge on any atom is 0.285 e. The second kappa shape index (κ2) is 59.5. The molecule has 0 radical (unpaired) electrons. The average molecular weight is 1540 g/mol. The summed E-state index contributed by atoms with van der Waals surface area (Å²) in [7, 11) is 2.46. The lowest BCUT2D eigenvalue weighted by molar-refractivity contribution is -0.0976. The molecule has 1 aliphatic heterocycles. The van der Waals surface area contributed by atoms with E-state index in [4.69, 9.17) is 98.8 Å². The summed E-state index contributed by atoms with van der Waals surface area (Å²) in [4.78, 5) is 42.4. The molecule has 2 amide bonds. The third-order valence-electron chi connectivity index (χ3n) is 10.6. The fourth-order valence-corrected chi connectivity index (χ4v) is 6.48. The first kappa shape index (κ1) is 90.9. The van der Waals surface area contributed by atoms with Crippen LogP contribution in [0.4, 0.5) is 0 Å². The van der Waals surface area contributed by atoms with Gasteiger partial charge in [0.15, 0.2) is 0 Å². The molecule has 0 spiro atoms. The number of nitrogen functional groups attached to an aromatic ring is 1. The number of amidine groups is 1. The lowest BCUT2D eigenvalue weighted by atomic mass is 10.1. The SMILES string of the molecule is BrCCBr.C.CO.COC(=N)c1ccc(OCCON)cc1.Cl.N#Cc1ccc(O)cc1.N#Cc1ccc(OCCBr)cc1.N#Cc1ccc(OCCON)cc1.N#Cc1ccc(OCCON2C(=O)c3ccccc3C2=O)cc1.N=C(N)c1ccc(OCCON)cc1.NN. The molecule has 7 aromatic rings. The molecule has 0 saturated carbocycles. The van der Waals surface area contributed by atoms with Crippen LogP contribution in [0.1, 0.15) is 61.5 Å². The number of hydrogen-bond acceptors (Lipinski definition) is 25. The second-order valence-corrected chi connectivity index (χ2v) is 19.1. The first-order chi connectivity index (χ1) is 45.7. The zero-order chi connectivity index (χ0) is 70.2. The van der Waals surface area contributed by atoms with Crippen LogP contribution in [0.3, 0.4) is 0 Å². The predicted octanol–water partition coefficient (Wildman–Crippen LogP) is 9.02. The van der Waals surface area contributed by atoms with Gasteiger partial charge in [-0.05, 0) is 158 Å². The van der Waals surface area contributed by atoms with E-state index in [1.807, 2.05) is 24.3 Å². The van der Waals surface area contributed by atoms with Crippen LogP contribution in [0.5, 0.6) is 34.5 Å². The van der Waals surface area contributed by atoms with Crippen molar-refractivity contribution >= 4 is 83.7 Å². The number of hydroxylamine groups is 2. The fourth-order valence-electron chi connectivity index (χ4n) is 6.32. The number of carbonyl (C=O) groups excluding carboxylic acids is 2. The summed E-state index contributed by atoms with van der Waals surface area (Å²) in [6, 6.07) is 55.2. The molecule has 1 heterocycles. The van der Waals surface area contributed by atoms with Gasteiger partial charge in [-0.2, -0.15) is 21.0 Å². The molecule has 31 heteroatoms. The summed E-state index contributed by atoms with van der Waals surface area (Å²) in [6.07, 6.45) is 0. The Morgan fingerprint density at radius 1 is 0.458 bits per heavy atom. The van der Waals surface area contributed by atoms with Crippen molar-refractivity contribution in [1.29, 1.82) is 31.9 Å². The number of imide groups is 1. The van der Waals surface area contributed by atoms with E-state index in [2.05, 4.69) is 74.0 Å². The van der Waals surface area contributed by atoms with Gasteiger partial charge in [0, 0.05) is 34.2 Å². The van der Waals surface area contributed by atoms with E-state index < -0.39 is 11.8 Å². The van der Waals surface area contributed by atoms with Crippen LogP contribution in [0.2, 0.25) is 0 Å². The molecular formula is C65H79Br3ClN13O14. The van der Waals surface area contributed by atoms with Crippen LogP contribution in [0.15, 0.2) is 170 Å². The maximum atomic E-state index is 12.1. The summed E-state index contributed by atoms with van der Waals surface area (Å²) >= 11 is 9.66. The summed E-state index contributed by atoms with van der Waals surface area (Å²) in [5.74, 6) is 25.4. The zero-order valence-electron chi connectivity index (χ0n) is 51.7. The molecule has 0 aromatic heterocycles. The smallest absolute Gasteiger partial charge is 0.285 e. The number of phenols is 1. The van der Waals surface area contributed by atoms with Crippen LogP contribution in [0, 0.1) is 56.1 Å². The summed E-state index contributed by atoms with van der Waals surface area (Å²) in [6.45, 7) is 3.09. The number of nitrogens with two attached hydrogens (primary N) is 6. The Morgan fingerprint density at radius 3 is 1.01 bits per heavy atom. The Labute approximate surface area is 590 Å². The Balaban J connectivity index is -0.00000107. The van der Waals surface area contributed by atoms with Crippen molar-refractivity contribution in [2.75, 3.05) is 89.7 Å². The van der Waals surface area contributed by atoms with Gasteiger partial charge < -0.3 is 58.9 Å². The summed E-state index contributed by atoms with van der Waals surface area (Å²) in [5.41, 5.74) is 9.72. The van der Waals surface area contributed by atoms with E-state index in [9.17, 15) is 9.59 Å². The number of nitrogens with zero attached hydrogens (tertiary/aromatic N) is 5. The van der Waals surface area contributed by atoms with Crippen LogP contribution < -0.4 is 58.8 Å². The Kier molecular flexibility index (Phi) is 56.3. The molecule has 0 bridgehead atoms. The number of halogens is 4. The molecule has 0 atom stereocenters. The highest BCUT2D eigenvalue weighted by molar-refractivity contribution is 9.12. The number of ether oxygens (including phenoxy) is 6. The monoisotopic (exact) mass is 1540 g/mol. The number of amides is 2. The molecule has 1 aliphatic rings. The van der Waals surface area contributed by atoms with Crippen molar-refractivity contribution in [3.05, 3.63) is 214 Å². The number of alkyl halides is 3. The quantitative estimate of drug-likeness (QED) is 0.00543. The van der Waals surface area contributed by atoms with Gasteiger partial charge >= 0.3 is 0 Å². The molecule has 8 rings (SSSR count). The number of hydrazine groups is 1. The number of rotatable bonds is 23. The van der Waals surface area contributed by atoms with Gasteiger partial charge in [0.2, 0.25) is 5.90 Å². The third-order valence-corrected chi connectivity index (χ3v) is 12.8. The van der Waals surface area contributed by atoms with E-state index >= 15 is 0 Å². The first-order valence-electron chi connectivity index (χ1n) is 27.2. The van der Waals surface area contributed by atoms with Gasteiger partial charge in [0.1, 0.15) is 93.2 Å². The van der Waals surface area contributed by atoms with Crippen molar-refractivity contribution in [3.8, 4) is 58.8 Å². The van der Waals surface area contributed by atoms with Crippen molar-refractivity contribution in [2.24, 2.45) is 35.1 Å². The number of hydrogen-bond donors (Lipinski definition) is 10. The van der Waals surface area contributed by atoms with Gasteiger partial charge in [0.05, 0.1) is 71.4 Å². The van der Waals surface area contributed by atoms with Crippen LogP contribution >= 0.6 is 60.2 Å². The van der Waals surface area contributed by atoms with E-state index in [1.165, 1.54) is 19.2 Å². The summed E-state index contributed by atoms with van der Waals surface area (Å²) in [5, 5.41) is 68.0.